The molecule has 1 atom stereocenters. The maximum absolute atomic E-state index is 12.9. The number of hydrogen-bond acceptors (Lipinski definition) is 7. The number of thiazole rings is 1. The Morgan fingerprint density at radius 2 is 2.21 bits per heavy atom. The minimum atomic E-state index is -0.0791. The van der Waals surface area contributed by atoms with E-state index in [1.54, 1.807) is 12.4 Å². The fourth-order valence-corrected chi connectivity index (χ4v) is 4.78. The van der Waals surface area contributed by atoms with Crippen LogP contribution >= 0.6 is 11.3 Å². The van der Waals surface area contributed by atoms with Crippen LogP contribution in [0.2, 0.25) is 0 Å². The van der Waals surface area contributed by atoms with E-state index in [4.69, 9.17) is 0 Å². The molecule has 4 heterocycles. The monoisotopic (exact) mass is 406 g/mol. The van der Waals surface area contributed by atoms with Crippen LogP contribution < -0.4 is 10.2 Å². The number of piperidine rings is 1. The number of aromatic nitrogens is 4. The number of carbonyl (C=O) groups is 1. The van der Waals surface area contributed by atoms with Crippen LogP contribution in [0, 0.1) is 5.92 Å². The molecule has 0 unspecified atom stereocenters. The maximum Gasteiger partial charge on any atom is 0.231 e. The molecule has 3 aromatic rings. The lowest BCUT2D eigenvalue weighted by atomic mass is 9.97. The highest BCUT2D eigenvalue weighted by Crippen LogP contribution is 2.28. The highest BCUT2D eigenvalue weighted by atomic mass is 32.1. The average Bonchev–Trinajstić information content (AvgIpc) is 3.43. The summed E-state index contributed by atoms with van der Waals surface area (Å²) in [6.07, 6.45) is 8.63. The number of carbonyl (C=O) groups excluding carboxylic acids is 1. The molecule has 5 rings (SSSR count). The summed E-state index contributed by atoms with van der Waals surface area (Å²) in [7, 11) is 0. The van der Waals surface area contributed by atoms with E-state index in [0.29, 0.717) is 11.7 Å². The summed E-state index contributed by atoms with van der Waals surface area (Å²) in [5.74, 6) is 0.844. The van der Waals surface area contributed by atoms with Crippen molar-refractivity contribution in [1.82, 2.24) is 20.2 Å². The van der Waals surface area contributed by atoms with E-state index in [1.807, 2.05) is 17.5 Å². The van der Waals surface area contributed by atoms with Gasteiger partial charge >= 0.3 is 0 Å². The fraction of sp³-hybridized carbons (Fsp3) is 0.381. The Hall–Kier alpha value is -2.87. The molecule has 8 heteroatoms. The number of fused-ring (bicyclic) bond motifs is 1. The van der Waals surface area contributed by atoms with Crippen molar-refractivity contribution in [3.05, 3.63) is 47.2 Å². The Morgan fingerprint density at radius 3 is 3.10 bits per heavy atom. The minimum absolute atomic E-state index is 0.0240. The number of nitrogens with one attached hydrogen (secondary N) is 1. The summed E-state index contributed by atoms with van der Waals surface area (Å²) in [6.45, 7) is 1.58. The topological polar surface area (TPSA) is 83.9 Å². The fourth-order valence-electron chi connectivity index (χ4n) is 4.06. The summed E-state index contributed by atoms with van der Waals surface area (Å²) in [6, 6.07) is 6.01. The van der Waals surface area contributed by atoms with Gasteiger partial charge in [-0.2, -0.15) is 5.10 Å². The molecule has 1 saturated heterocycles. The average molecular weight is 407 g/mol. The summed E-state index contributed by atoms with van der Waals surface area (Å²) in [4.78, 5) is 23.7. The predicted octanol–water partition coefficient (Wildman–Crippen LogP) is 3.34. The molecule has 0 spiro atoms. The molecule has 29 heavy (non-hydrogen) atoms. The molecule has 1 aliphatic heterocycles. The van der Waals surface area contributed by atoms with Crippen molar-refractivity contribution < 1.29 is 4.79 Å². The molecular formula is C21H22N6OS. The molecule has 7 nitrogen and oxygen atoms in total. The minimum Gasteiger partial charge on any atom is -0.354 e. The van der Waals surface area contributed by atoms with Crippen molar-refractivity contribution in [3.63, 3.8) is 0 Å². The van der Waals surface area contributed by atoms with E-state index >= 15 is 0 Å². The molecule has 0 bridgehead atoms. The summed E-state index contributed by atoms with van der Waals surface area (Å²) < 4.78 is 0. The predicted molar refractivity (Wildman–Crippen MR) is 113 cm³/mol. The lowest BCUT2D eigenvalue weighted by Gasteiger charge is -2.32. The number of amides is 1. The second-order valence-electron chi connectivity index (χ2n) is 7.58. The smallest absolute Gasteiger partial charge is 0.231 e. The number of rotatable bonds is 4. The third-order valence-electron chi connectivity index (χ3n) is 5.61. The summed E-state index contributed by atoms with van der Waals surface area (Å²) in [5.41, 5.74) is 4.22. The highest BCUT2D eigenvalue weighted by Gasteiger charge is 2.28. The largest absolute Gasteiger partial charge is 0.354 e. The lowest BCUT2D eigenvalue weighted by molar-refractivity contribution is -0.120. The van der Waals surface area contributed by atoms with Crippen molar-refractivity contribution in [2.45, 2.75) is 32.1 Å². The molecule has 148 valence electrons. The first-order valence-electron chi connectivity index (χ1n) is 10.0. The van der Waals surface area contributed by atoms with Gasteiger partial charge in [-0.1, -0.05) is 0 Å². The van der Waals surface area contributed by atoms with Crippen LogP contribution in [0.4, 0.5) is 10.9 Å². The Balaban J connectivity index is 1.25. The van der Waals surface area contributed by atoms with Gasteiger partial charge in [0.15, 0.2) is 10.9 Å². The molecule has 0 radical (unpaired) electrons. The van der Waals surface area contributed by atoms with E-state index in [-0.39, 0.29) is 11.8 Å². The molecule has 2 aliphatic rings. The highest BCUT2D eigenvalue weighted by molar-refractivity contribution is 7.14. The first-order valence-corrected chi connectivity index (χ1v) is 10.9. The zero-order valence-electron chi connectivity index (χ0n) is 16.0. The lowest BCUT2D eigenvalue weighted by Crippen LogP contribution is -2.41. The quantitative estimate of drug-likeness (QED) is 0.715. The standard InChI is InChI=1S/C21H22N6OS/c28-20(24-21-23-18(13-29-21)15-5-2-8-22-11-15)16-6-3-9-27(12-16)19-10-14-4-1-7-17(14)25-26-19/h2,5,8,10-11,13,16H,1,3-4,6-7,9,12H2,(H,23,24,28)/t16-/m1/s1. The molecule has 1 N–H and O–H groups in total. The Labute approximate surface area is 173 Å². The first-order chi connectivity index (χ1) is 14.3. The zero-order chi connectivity index (χ0) is 19.6. The van der Waals surface area contributed by atoms with Gasteiger partial charge in [0.25, 0.3) is 0 Å². The van der Waals surface area contributed by atoms with E-state index in [0.717, 1.165) is 61.4 Å². The normalized spacial score (nSPS) is 18.5. The van der Waals surface area contributed by atoms with Crippen LogP contribution in [0.1, 0.15) is 30.5 Å². The van der Waals surface area contributed by atoms with Crippen molar-refractivity contribution >= 4 is 28.2 Å². The molecule has 0 saturated carbocycles. The van der Waals surface area contributed by atoms with Gasteiger partial charge in [-0.3, -0.25) is 9.78 Å². The second kappa shape index (κ2) is 7.87. The van der Waals surface area contributed by atoms with Crippen LogP contribution in [0.3, 0.4) is 0 Å². The van der Waals surface area contributed by atoms with E-state index in [9.17, 15) is 4.79 Å². The van der Waals surface area contributed by atoms with Crippen LogP contribution in [-0.4, -0.2) is 39.2 Å². The van der Waals surface area contributed by atoms with Crippen LogP contribution in [0.25, 0.3) is 11.3 Å². The van der Waals surface area contributed by atoms with Gasteiger partial charge in [0.05, 0.1) is 17.3 Å². The van der Waals surface area contributed by atoms with Crippen LogP contribution in [0.5, 0.6) is 0 Å². The molecule has 1 amide bonds. The molecule has 1 aliphatic carbocycles. The van der Waals surface area contributed by atoms with Gasteiger partial charge in [0, 0.05) is 36.4 Å². The van der Waals surface area contributed by atoms with E-state index in [2.05, 4.69) is 36.4 Å². The number of pyridine rings is 1. The van der Waals surface area contributed by atoms with E-state index < -0.39 is 0 Å². The molecular weight excluding hydrogens is 384 g/mol. The van der Waals surface area contributed by atoms with Gasteiger partial charge in [0.2, 0.25) is 5.91 Å². The van der Waals surface area contributed by atoms with Gasteiger partial charge in [-0.05, 0) is 55.9 Å². The van der Waals surface area contributed by atoms with Crippen molar-refractivity contribution in [2.24, 2.45) is 5.92 Å². The molecule has 3 aromatic heterocycles. The van der Waals surface area contributed by atoms with E-state index in [1.165, 1.54) is 16.9 Å². The van der Waals surface area contributed by atoms with Gasteiger partial charge < -0.3 is 10.2 Å². The third kappa shape index (κ3) is 3.85. The SMILES string of the molecule is O=C(Nc1nc(-c2cccnc2)cs1)[C@@H]1CCCN(c2cc3c(nn2)CCC3)C1. The Morgan fingerprint density at radius 1 is 1.24 bits per heavy atom. The zero-order valence-corrected chi connectivity index (χ0v) is 16.9. The van der Waals surface area contributed by atoms with Gasteiger partial charge in [-0.25, -0.2) is 4.98 Å². The number of hydrogen-bond donors (Lipinski definition) is 1. The maximum atomic E-state index is 12.9. The summed E-state index contributed by atoms with van der Waals surface area (Å²) >= 11 is 1.44. The second-order valence-corrected chi connectivity index (χ2v) is 8.44. The summed E-state index contributed by atoms with van der Waals surface area (Å²) in [5, 5.41) is 14.4. The Kier molecular flexibility index (Phi) is 4.93. The van der Waals surface area contributed by atoms with Crippen LogP contribution in [0.15, 0.2) is 36.0 Å². The number of aryl methyl sites for hydroxylation is 2. The number of anilines is 2. The van der Waals surface area contributed by atoms with Crippen molar-refractivity contribution in [2.75, 3.05) is 23.3 Å². The van der Waals surface area contributed by atoms with Crippen molar-refractivity contribution in [3.8, 4) is 11.3 Å². The first kappa shape index (κ1) is 18.2. The van der Waals surface area contributed by atoms with Gasteiger partial charge in [0.1, 0.15) is 0 Å². The Bertz CT molecular complexity index is 1020. The van der Waals surface area contributed by atoms with Crippen molar-refractivity contribution in [1.29, 1.82) is 0 Å². The van der Waals surface area contributed by atoms with Gasteiger partial charge in [-0.15, -0.1) is 16.4 Å². The molecule has 0 aromatic carbocycles. The third-order valence-corrected chi connectivity index (χ3v) is 6.37. The van der Waals surface area contributed by atoms with Crippen LogP contribution in [-0.2, 0) is 17.6 Å². The number of nitrogens with zero attached hydrogens (tertiary/aromatic N) is 5. The molecule has 1 fully saturated rings.